The number of Topliss-reactive ketones (excluding diaryl/α,β-unsaturated/α-hetero) is 2. The van der Waals surface area contributed by atoms with Gasteiger partial charge in [-0.2, -0.15) is 0 Å². The average Bonchev–Trinajstić information content (AvgIpc) is 3.40. The number of aliphatic hydroxyl groups excluding tert-OH is 1. The molecule has 1 aliphatic heterocycles. The molecule has 2 heterocycles. The van der Waals surface area contributed by atoms with Crippen LogP contribution in [0, 0.1) is 6.92 Å². The van der Waals surface area contributed by atoms with E-state index in [4.69, 9.17) is 9.47 Å². The maximum atomic E-state index is 13.4. The summed E-state index contributed by atoms with van der Waals surface area (Å²) < 4.78 is 11.3. The molecule has 1 N–H and O–H groups in total. The largest absolute Gasteiger partial charge is 0.507 e. The van der Waals surface area contributed by atoms with E-state index in [-0.39, 0.29) is 22.2 Å². The van der Waals surface area contributed by atoms with E-state index in [0.29, 0.717) is 46.4 Å². The van der Waals surface area contributed by atoms with Crippen LogP contribution in [0.2, 0.25) is 0 Å². The second kappa shape index (κ2) is 11.0. The third kappa shape index (κ3) is 5.13. The zero-order valence-corrected chi connectivity index (χ0v) is 21.9. The molecule has 0 spiro atoms. The number of nitrogens with zero attached hydrogens (tertiary/aromatic N) is 2. The molecule has 0 aliphatic carbocycles. The molecule has 1 amide bonds. The standard InChI is InChI=1S/C28H28N2O6S/c1-5-14-36-20-12-10-18(11-13-20)24(32)22-23(19-8-7-9-21(15-19)35-6-2)30(27(34)25(22)33)28-29-16(3)26(37-28)17(4)31/h7-13,15,23,32H,5-6,14H2,1-4H3. The van der Waals surface area contributed by atoms with Gasteiger partial charge in [-0.05, 0) is 62.2 Å². The summed E-state index contributed by atoms with van der Waals surface area (Å²) in [5.74, 6) is -0.974. The molecular weight excluding hydrogens is 492 g/mol. The van der Waals surface area contributed by atoms with E-state index < -0.39 is 17.7 Å². The Morgan fingerprint density at radius 3 is 2.43 bits per heavy atom. The predicted octanol–water partition coefficient (Wildman–Crippen LogP) is 5.47. The van der Waals surface area contributed by atoms with Crippen LogP contribution in [0.3, 0.4) is 0 Å². The number of aliphatic hydroxyl groups is 1. The minimum absolute atomic E-state index is 0.0712. The van der Waals surface area contributed by atoms with Gasteiger partial charge in [0.15, 0.2) is 10.9 Å². The first-order chi connectivity index (χ1) is 17.8. The monoisotopic (exact) mass is 520 g/mol. The molecule has 4 rings (SSSR count). The number of rotatable bonds is 9. The van der Waals surface area contributed by atoms with Crippen molar-refractivity contribution < 1.29 is 29.0 Å². The Morgan fingerprint density at radius 2 is 1.81 bits per heavy atom. The molecule has 0 radical (unpaired) electrons. The maximum absolute atomic E-state index is 13.4. The van der Waals surface area contributed by atoms with Crippen LogP contribution in [-0.2, 0) is 9.59 Å². The van der Waals surface area contributed by atoms with E-state index in [1.807, 2.05) is 13.8 Å². The van der Waals surface area contributed by atoms with Gasteiger partial charge < -0.3 is 14.6 Å². The summed E-state index contributed by atoms with van der Waals surface area (Å²) in [5.41, 5.74) is 1.33. The van der Waals surface area contributed by atoms with Crippen molar-refractivity contribution >= 4 is 39.7 Å². The summed E-state index contributed by atoms with van der Waals surface area (Å²) in [6.45, 7) is 7.96. The Morgan fingerprint density at radius 1 is 1.08 bits per heavy atom. The number of ether oxygens (including phenoxy) is 2. The lowest BCUT2D eigenvalue weighted by molar-refractivity contribution is -0.132. The molecule has 1 unspecified atom stereocenters. The summed E-state index contributed by atoms with van der Waals surface area (Å²) >= 11 is 1.04. The van der Waals surface area contributed by atoms with E-state index in [9.17, 15) is 19.5 Å². The summed E-state index contributed by atoms with van der Waals surface area (Å²) in [4.78, 5) is 44.9. The molecule has 1 saturated heterocycles. The van der Waals surface area contributed by atoms with E-state index >= 15 is 0 Å². The average molecular weight is 521 g/mol. The molecular formula is C28H28N2O6S. The van der Waals surface area contributed by atoms with Crippen LogP contribution in [0.4, 0.5) is 5.13 Å². The zero-order valence-electron chi connectivity index (χ0n) is 21.1. The number of anilines is 1. The molecule has 8 nitrogen and oxygen atoms in total. The highest BCUT2D eigenvalue weighted by molar-refractivity contribution is 7.18. The number of carbonyl (C=O) groups excluding carboxylic acids is 3. The fourth-order valence-electron chi connectivity index (χ4n) is 4.18. The Kier molecular flexibility index (Phi) is 7.73. The zero-order chi connectivity index (χ0) is 26.7. The molecule has 0 bridgehead atoms. The lowest BCUT2D eigenvalue weighted by Crippen LogP contribution is -2.29. The van der Waals surface area contributed by atoms with Crippen LogP contribution in [0.25, 0.3) is 5.76 Å². The highest BCUT2D eigenvalue weighted by Crippen LogP contribution is 2.44. The van der Waals surface area contributed by atoms with Crippen LogP contribution >= 0.6 is 11.3 Å². The van der Waals surface area contributed by atoms with E-state index in [1.54, 1.807) is 55.5 Å². The smallest absolute Gasteiger partial charge is 0.301 e. The predicted molar refractivity (Wildman–Crippen MR) is 141 cm³/mol. The minimum Gasteiger partial charge on any atom is -0.507 e. The van der Waals surface area contributed by atoms with Gasteiger partial charge >= 0.3 is 5.91 Å². The van der Waals surface area contributed by atoms with Crippen LogP contribution in [0.15, 0.2) is 54.1 Å². The van der Waals surface area contributed by atoms with Crippen LogP contribution in [0.5, 0.6) is 11.5 Å². The van der Waals surface area contributed by atoms with E-state index in [2.05, 4.69) is 4.98 Å². The lowest BCUT2D eigenvalue weighted by atomic mass is 9.95. The summed E-state index contributed by atoms with van der Waals surface area (Å²) in [7, 11) is 0. The molecule has 37 heavy (non-hydrogen) atoms. The van der Waals surface area contributed by atoms with Crippen LogP contribution in [0.1, 0.15) is 59.7 Å². The molecule has 1 fully saturated rings. The number of amides is 1. The minimum atomic E-state index is -0.971. The van der Waals surface area contributed by atoms with Crippen molar-refractivity contribution in [3.8, 4) is 11.5 Å². The van der Waals surface area contributed by atoms with Crippen molar-refractivity contribution in [3.63, 3.8) is 0 Å². The molecule has 9 heteroatoms. The summed E-state index contributed by atoms with van der Waals surface area (Å²) in [6, 6.07) is 12.7. The fraction of sp³-hybridized carbons (Fsp3) is 0.286. The first-order valence-electron chi connectivity index (χ1n) is 12.0. The molecule has 1 aliphatic rings. The lowest BCUT2D eigenvalue weighted by Gasteiger charge is -2.23. The topological polar surface area (TPSA) is 106 Å². The maximum Gasteiger partial charge on any atom is 0.301 e. The number of hydrogen-bond donors (Lipinski definition) is 1. The molecule has 3 aromatic rings. The third-order valence-electron chi connectivity index (χ3n) is 5.84. The normalized spacial score (nSPS) is 16.8. The SMILES string of the molecule is CCCOc1ccc(C(O)=C2C(=O)C(=O)N(c3nc(C)c(C(C)=O)s3)C2c2cccc(OCC)c2)cc1. The van der Waals surface area contributed by atoms with Gasteiger partial charge in [0.2, 0.25) is 0 Å². The highest BCUT2D eigenvalue weighted by atomic mass is 32.1. The van der Waals surface area contributed by atoms with E-state index in [1.165, 1.54) is 11.8 Å². The number of aromatic nitrogens is 1. The Hall–Kier alpha value is -3.98. The Balaban J connectivity index is 1.88. The summed E-state index contributed by atoms with van der Waals surface area (Å²) in [5, 5.41) is 11.5. The van der Waals surface area contributed by atoms with Crippen molar-refractivity contribution in [3.05, 3.63) is 75.8 Å². The number of thiazole rings is 1. The first kappa shape index (κ1) is 26.1. The van der Waals surface area contributed by atoms with Crippen molar-refractivity contribution in [1.29, 1.82) is 0 Å². The van der Waals surface area contributed by atoms with Crippen molar-refractivity contribution in [2.45, 2.75) is 40.2 Å². The first-order valence-corrected chi connectivity index (χ1v) is 12.8. The fourth-order valence-corrected chi connectivity index (χ4v) is 5.17. The number of benzene rings is 2. The molecule has 192 valence electrons. The van der Waals surface area contributed by atoms with Gasteiger partial charge in [-0.15, -0.1) is 0 Å². The van der Waals surface area contributed by atoms with Gasteiger partial charge in [0.1, 0.15) is 17.3 Å². The van der Waals surface area contributed by atoms with Crippen molar-refractivity contribution in [2.24, 2.45) is 0 Å². The number of carbonyl (C=O) groups is 3. The number of ketones is 2. The van der Waals surface area contributed by atoms with Crippen molar-refractivity contribution in [1.82, 2.24) is 4.98 Å². The van der Waals surface area contributed by atoms with Crippen molar-refractivity contribution in [2.75, 3.05) is 18.1 Å². The number of aryl methyl sites for hydroxylation is 1. The molecule has 1 aromatic heterocycles. The molecule has 1 atom stereocenters. The van der Waals surface area contributed by atoms with Gasteiger partial charge in [-0.3, -0.25) is 19.3 Å². The van der Waals surface area contributed by atoms with Gasteiger partial charge in [0.25, 0.3) is 5.78 Å². The van der Waals surface area contributed by atoms with E-state index in [0.717, 1.165) is 17.8 Å². The van der Waals surface area contributed by atoms with Crippen LogP contribution in [-0.4, -0.2) is 40.8 Å². The molecule has 2 aromatic carbocycles. The molecule has 0 saturated carbocycles. The summed E-state index contributed by atoms with van der Waals surface area (Å²) in [6.07, 6.45) is 0.855. The van der Waals surface area contributed by atoms with Gasteiger partial charge in [0, 0.05) is 12.5 Å². The second-order valence-corrected chi connectivity index (χ2v) is 9.49. The highest BCUT2D eigenvalue weighted by Gasteiger charge is 2.48. The van der Waals surface area contributed by atoms with Gasteiger partial charge in [-0.1, -0.05) is 30.4 Å². The Bertz CT molecular complexity index is 1380. The Labute approximate surface area is 219 Å². The second-order valence-electron chi connectivity index (χ2n) is 8.51. The third-order valence-corrected chi connectivity index (χ3v) is 7.10. The van der Waals surface area contributed by atoms with Gasteiger partial charge in [-0.25, -0.2) is 4.98 Å². The number of hydrogen-bond acceptors (Lipinski definition) is 8. The van der Waals surface area contributed by atoms with Crippen LogP contribution < -0.4 is 14.4 Å². The quantitative estimate of drug-likeness (QED) is 0.173. The van der Waals surface area contributed by atoms with Gasteiger partial charge in [0.05, 0.1) is 35.4 Å².